The summed E-state index contributed by atoms with van der Waals surface area (Å²) < 4.78 is 127. The predicted octanol–water partition coefficient (Wildman–Crippen LogP) is 15.6. The summed E-state index contributed by atoms with van der Waals surface area (Å²) in [6.45, 7) is 4.22. The first kappa shape index (κ1) is 80.9. The highest BCUT2D eigenvalue weighted by Crippen LogP contribution is 2.38. The molecule has 6 heterocycles. The molecule has 0 atom stereocenters. The molecule has 0 aliphatic heterocycles. The van der Waals surface area contributed by atoms with Gasteiger partial charge in [0.2, 0.25) is 0 Å². The maximum absolute atomic E-state index is 13.6. The molecule has 0 radical (unpaired) electrons. The number of carboxylic acid groups (broad SMARTS) is 6. The Bertz CT molecular complexity index is 4980. The van der Waals surface area contributed by atoms with Gasteiger partial charge in [0.05, 0.1) is 42.9 Å². The van der Waals surface area contributed by atoms with Gasteiger partial charge in [-0.15, -0.1) is 0 Å². The van der Waals surface area contributed by atoms with Crippen molar-refractivity contribution in [3.05, 3.63) is 248 Å². The number of carbonyl (C=O) groups is 6. The van der Waals surface area contributed by atoms with E-state index in [0.29, 0.717) is 45.3 Å². The van der Waals surface area contributed by atoms with Crippen molar-refractivity contribution in [2.24, 2.45) is 42.3 Å². The fourth-order valence-electron chi connectivity index (χ4n) is 9.87. The molecular weight excluding hydrogens is 1480 g/mol. The Morgan fingerprint density at radius 3 is 0.953 bits per heavy atom. The molecule has 0 fully saturated rings. The van der Waals surface area contributed by atoms with Crippen LogP contribution in [0.25, 0.3) is 68.3 Å². The van der Waals surface area contributed by atoms with Crippen LogP contribution in [0.3, 0.4) is 0 Å². The van der Waals surface area contributed by atoms with E-state index in [4.69, 9.17) is 65.4 Å². The molecule has 0 amide bonds. The van der Waals surface area contributed by atoms with Gasteiger partial charge in [-0.25, -0.2) is 85.0 Å². The van der Waals surface area contributed by atoms with E-state index in [1.165, 1.54) is 114 Å². The number of aromatic carboxylic acids is 6. The Labute approximate surface area is 608 Å². The van der Waals surface area contributed by atoms with Gasteiger partial charge in [0, 0.05) is 103 Å². The van der Waals surface area contributed by atoms with Gasteiger partial charge in [-0.2, -0.15) is 13.2 Å². The van der Waals surface area contributed by atoms with Gasteiger partial charge in [-0.05, 0) is 53.9 Å². The van der Waals surface area contributed by atoms with Crippen LogP contribution in [0.1, 0.15) is 93.8 Å². The number of carboxylic acids is 6. The first-order chi connectivity index (χ1) is 49.7. The quantitative estimate of drug-likeness (QED) is 0.0584. The molecule has 552 valence electrons. The fourth-order valence-corrected chi connectivity index (χ4v) is 10.7. The topological polar surface area (TPSA) is 331 Å². The van der Waals surface area contributed by atoms with E-state index in [1.807, 2.05) is 25.2 Å². The second-order valence-electron chi connectivity index (χ2n) is 22.5. The summed E-state index contributed by atoms with van der Waals surface area (Å²) in [6, 6.07) is 26.6. The van der Waals surface area contributed by atoms with Crippen molar-refractivity contribution in [1.29, 1.82) is 0 Å². The number of benzene rings is 6. The zero-order valence-corrected chi connectivity index (χ0v) is 58.3. The molecule has 36 heteroatoms. The minimum atomic E-state index is -4.52. The normalized spacial score (nSPS) is 10.8. The van der Waals surface area contributed by atoms with Crippen molar-refractivity contribution in [2.45, 2.75) is 25.9 Å². The number of rotatable bonds is 13. The van der Waals surface area contributed by atoms with Gasteiger partial charge in [-0.1, -0.05) is 109 Å². The van der Waals surface area contributed by atoms with E-state index in [9.17, 15) is 68.3 Å². The maximum atomic E-state index is 13.6. The number of nitrogens with zero attached hydrogens (tertiary/aromatic N) is 12. The van der Waals surface area contributed by atoms with Crippen LogP contribution in [0, 0.1) is 34.9 Å². The third-order valence-electron chi connectivity index (χ3n) is 14.7. The van der Waals surface area contributed by atoms with Gasteiger partial charge in [0.15, 0.2) is 34.2 Å². The summed E-state index contributed by atoms with van der Waals surface area (Å²) in [4.78, 5) is 87.7. The zero-order chi connectivity index (χ0) is 78.7. The maximum Gasteiger partial charge on any atom is 0.417 e. The molecule has 0 saturated heterocycles. The largest absolute Gasteiger partial charge is 0.476 e. The molecule has 0 saturated carbocycles. The van der Waals surface area contributed by atoms with Crippen molar-refractivity contribution < 1.29 is 98.9 Å². The number of hydrogen-bond acceptors (Lipinski definition) is 12. The summed E-state index contributed by atoms with van der Waals surface area (Å²) in [7, 11) is 9.39. The van der Waals surface area contributed by atoms with E-state index in [0.717, 1.165) is 34.5 Å². The number of aryl methyl sites for hydroxylation is 6. The van der Waals surface area contributed by atoms with E-state index in [1.54, 1.807) is 41.4 Å². The lowest BCUT2D eigenvalue weighted by molar-refractivity contribution is -0.137. The van der Waals surface area contributed by atoms with Gasteiger partial charge in [-0.3, -0.25) is 0 Å². The molecule has 106 heavy (non-hydrogen) atoms. The molecule has 0 bridgehead atoms. The van der Waals surface area contributed by atoms with E-state index in [-0.39, 0.29) is 79.2 Å². The third kappa shape index (κ3) is 19.3. The van der Waals surface area contributed by atoms with Crippen LogP contribution in [-0.2, 0) is 48.5 Å². The standard InChI is InChI=1S/C14H16N2O2.C12H9F3N2O2.C11H8Cl2N2O2.C11H8ClFN2O2.C11H7F3N2O2.C11H8F2N2O2/c1-9(2)10-6-4-5-7-11(10)13-15-12(14(17)18)8-16(13)3;1-17-6-9(11(18)19)16-10(17)7-4-2-3-5-8(7)12(13,14)15;2*1-15-5-8(11(16)17)14-10(15)9-6(12)3-2-4-7(9)13;1-16-4-8(11(17)18)15-10(16)9-6(13)2-5(12)3-7(9)14;1-15-5-8(11(16)17)14-10(15)9-6(12)3-2-4-7(9)13/h4-9H,1-3H3,(H,17,18);2-6H,1H3,(H,18,19);2*2-5H,1H3,(H,16,17);2-4H,1H3,(H,17,18);2-5H,1H3,(H,16,17). The monoisotopic (exact) mass is 1530 g/mol. The van der Waals surface area contributed by atoms with E-state index in [2.05, 4.69) is 49.8 Å². The summed E-state index contributed by atoms with van der Waals surface area (Å²) in [5.74, 6) is -11.2. The van der Waals surface area contributed by atoms with Gasteiger partial charge in [0.25, 0.3) is 0 Å². The van der Waals surface area contributed by atoms with Crippen LogP contribution in [0.2, 0.25) is 15.1 Å². The van der Waals surface area contributed by atoms with Crippen LogP contribution in [0.15, 0.2) is 152 Å². The van der Waals surface area contributed by atoms with E-state index < -0.39 is 88.0 Å². The Kier molecular flexibility index (Phi) is 26.2. The lowest BCUT2D eigenvalue weighted by Crippen LogP contribution is -2.08. The molecule has 0 spiro atoms. The van der Waals surface area contributed by atoms with Crippen LogP contribution < -0.4 is 0 Å². The lowest BCUT2D eigenvalue weighted by Gasteiger charge is -2.12. The van der Waals surface area contributed by atoms with Crippen LogP contribution in [0.5, 0.6) is 0 Å². The SMILES string of the molecule is CC(C)c1ccccc1-c1nc(C(=O)O)cn1C.Cn1cc(C(=O)O)nc1-c1c(Cl)cccc1Cl.Cn1cc(C(=O)O)nc1-c1c(F)cc(F)cc1F.Cn1cc(C(=O)O)nc1-c1c(F)cccc1Cl.Cn1cc(C(=O)O)nc1-c1c(F)cccc1F.Cn1cc(C(=O)O)nc1-c1ccccc1C(F)(F)F. The summed E-state index contributed by atoms with van der Waals surface area (Å²) in [5, 5.41) is 54.0. The lowest BCUT2D eigenvalue weighted by atomic mass is 9.97. The molecule has 12 rings (SSSR count). The first-order valence-corrected chi connectivity index (χ1v) is 31.2. The van der Waals surface area contributed by atoms with Gasteiger partial charge >= 0.3 is 42.0 Å². The molecule has 0 aliphatic carbocycles. The Hall–Kier alpha value is -12.4. The summed E-state index contributed by atoms with van der Waals surface area (Å²) in [5.41, 5.74) is -0.123. The molecule has 6 aromatic carbocycles. The Morgan fingerprint density at radius 1 is 0.349 bits per heavy atom. The van der Waals surface area contributed by atoms with Crippen molar-refractivity contribution >= 4 is 70.6 Å². The highest BCUT2D eigenvalue weighted by atomic mass is 35.5. The molecule has 6 aromatic heterocycles. The van der Waals surface area contributed by atoms with Gasteiger partial charge < -0.3 is 58.0 Å². The highest BCUT2D eigenvalue weighted by Gasteiger charge is 2.35. The van der Waals surface area contributed by atoms with Crippen molar-refractivity contribution in [3.8, 4) is 68.3 Å². The van der Waals surface area contributed by atoms with Crippen LogP contribution >= 0.6 is 34.8 Å². The number of halogens is 12. The second-order valence-corrected chi connectivity index (χ2v) is 23.7. The molecule has 6 N–H and O–H groups in total. The average Bonchev–Trinajstić information content (AvgIpc) is 1.57. The highest BCUT2D eigenvalue weighted by molar-refractivity contribution is 6.39. The average molecular weight is 1530 g/mol. The predicted molar refractivity (Wildman–Crippen MR) is 367 cm³/mol. The summed E-state index contributed by atoms with van der Waals surface area (Å²) >= 11 is 18.0. The van der Waals surface area contributed by atoms with Crippen molar-refractivity contribution in [2.75, 3.05) is 0 Å². The number of imidazole rings is 6. The molecule has 0 unspecified atom stereocenters. The van der Waals surface area contributed by atoms with Crippen molar-refractivity contribution in [1.82, 2.24) is 57.3 Å². The van der Waals surface area contributed by atoms with Crippen LogP contribution in [-0.4, -0.2) is 124 Å². The molecule has 0 aliphatic rings. The smallest absolute Gasteiger partial charge is 0.417 e. The fraction of sp³-hybridized carbons (Fsp3) is 0.143. The van der Waals surface area contributed by atoms with Crippen LogP contribution in [0.4, 0.5) is 39.5 Å². The molecule has 24 nitrogen and oxygen atoms in total. The third-order valence-corrected chi connectivity index (χ3v) is 15.6. The minimum absolute atomic E-state index is 0.0367. The zero-order valence-electron chi connectivity index (χ0n) is 56.0. The second kappa shape index (κ2) is 34.3. The number of hydrogen-bond donors (Lipinski definition) is 6. The van der Waals surface area contributed by atoms with Crippen molar-refractivity contribution in [3.63, 3.8) is 0 Å². The Balaban J connectivity index is 0.000000178. The van der Waals surface area contributed by atoms with Gasteiger partial charge in [0.1, 0.15) is 69.8 Å². The summed E-state index contributed by atoms with van der Waals surface area (Å²) in [6.07, 6.45) is 3.22. The Morgan fingerprint density at radius 2 is 0.613 bits per heavy atom. The minimum Gasteiger partial charge on any atom is -0.476 e. The molecular formula is C70H56Cl3F9N12O12. The first-order valence-electron chi connectivity index (χ1n) is 30.1. The number of aromatic nitrogens is 12. The number of alkyl halides is 3. The van der Waals surface area contributed by atoms with E-state index >= 15 is 0 Å². The molecule has 12 aromatic rings.